The van der Waals surface area contributed by atoms with E-state index < -0.39 is 0 Å². The zero-order valence-corrected chi connectivity index (χ0v) is 9.65. The molecule has 2 rings (SSSR count). The lowest BCUT2D eigenvalue weighted by atomic mass is 10.1. The van der Waals surface area contributed by atoms with Crippen LogP contribution in [0.3, 0.4) is 0 Å². The fourth-order valence-electron chi connectivity index (χ4n) is 2.07. The molecule has 4 nitrogen and oxygen atoms in total. The lowest BCUT2D eigenvalue weighted by molar-refractivity contribution is 0.0776. The molecule has 4 heteroatoms. The maximum atomic E-state index is 12.0. The fraction of sp³-hybridized carbons (Fsp3) is 0.385. The minimum Gasteiger partial charge on any atom is -0.399 e. The second-order valence-corrected chi connectivity index (χ2v) is 4.26. The van der Waals surface area contributed by atoms with Gasteiger partial charge in [-0.05, 0) is 30.5 Å². The van der Waals surface area contributed by atoms with Gasteiger partial charge in [0, 0.05) is 30.8 Å². The van der Waals surface area contributed by atoms with E-state index in [4.69, 9.17) is 11.0 Å². The highest BCUT2D eigenvalue weighted by molar-refractivity contribution is 5.99. The van der Waals surface area contributed by atoms with E-state index in [0.717, 1.165) is 30.5 Å². The summed E-state index contributed by atoms with van der Waals surface area (Å²) in [6.45, 7) is 1.39. The molecule has 0 bridgehead atoms. The Kier molecular flexibility index (Phi) is 3.29. The molecule has 1 aliphatic rings. The van der Waals surface area contributed by atoms with Gasteiger partial charge >= 0.3 is 0 Å². The van der Waals surface area contributed by atoms with Crippen molar-refractivity contribution < 1.29 is 4.79 Å². The monoisotopic (exact) mass is 229 g/mol. The Morgan fingerprint density at radius 2 is 2.24 bits per heavy atom. The Labute approximate surface area is 101 Å². The van der Waals surface area contributed by atoms with Gasteiger partial charge in [0.1, 0.15) is 0 Å². The molecule has 0 saturated heterocycles. The number of benzene rings is 1. The number of carbonyl (C=O) groups is 1. The van der Waals surface area contributed by atoms with Gasteiger partial charge in [-0.25, -0.2) is 0 Å². The summed E-state index contributed by atoms with van der Waals surface area (Å²) in [6, 6.07) is 7.59. The van der Waals surface area contributed by atoms with Gasteiger partial charge in [0.2, 0.25) is 0 Å². The third kappa shape index (κ3) is 2.39. The molecular weight excluding hydrogens is 214 g/mol. The van der Waals surface area contributed by atoms with Crippen molar-refractivity contribution in [1.29, 1.82) is 5.26 Å². The fourth-order valence-corrected chi connectivity index (χ4v) is 2.07. The summed E-state index contributed by atoms with van der Waals surface area (Å²) in [5.41, 5.74) is 8.07. The number of nitrogens with two attached hydrogens (primary N) is 1. The smallest absolute Gasteiger partial charge is 0.254 e. The number of nitrogen functional groups attached to an aromatic ring is 1. The molecule has 1 aliphatic heterocycles. The van der Waals surface area contributed by atoms with Crippen LogP contribution < -0.4 is 5.73 Å². The quantitative estimate of drug-likeness (QED) is 0.633. The van der Waals surface area contributed by atoms with E-state index in [2.05, 4.69) is 6.07 Å². The molecule has 1 amide bonds. The highest BCUT2D eigenvalue weighted by Crippen LogP contribution is 2.24. The maximum absolute atomic E-state index is 12.0. The van der Waals surface area contributed by atoms with Crippen LogP contribution in [0.2, 0.25) is 0 Å². The van der Waals surface area contributed by atoms with E-state index in [-0.39, 0.29) is 5.91 Å². The Morgan fingerprint density at radius 3 is 3.00 bits per heavy atom. The Hall–Kier alpha value is -2.02. The lowest BCUT2D eigenvalue weighted by Crippen LogP contribution is -2.24. The first kappa shape index (κ1) is 11.5. The molecule has 0 aliphatic carbocycles. The molecule has 17 heavy (non-hydrogen) atoms. The van der Waals surface area contributed by atoms with Gasteiger partial charge in [0.15, 0.2) is 0 Å². The van der Waals surface area contributed by atoms with Crippen LogP contribution in [0, 0.1) is 11.3 Å². The number of nitriles is 1. The molecule has 0 saturated carbocycles. The number of hydrogen-bond acceptors (Lipinski definition) is 3. The van der Waals surface area contributed by atoms with Gasteiger partial charge in [-0.15, -0.1) is 0 Å². The third-order valence-electron chi connectivity index (χ3n) is 2.98. The third-order valence-corrected chi connectivity index (χ3v) is 2.98. The van der Waals surface area contributed by atoms with Gasteiger partial charge in [-0.3, -0.25) is 4.79 Å². The van der Waals surface area contributed by atoms with Crippen LogP contribution in [0.1, 0.15) is 35.2 Å². The van der Waals surface area contributed by atoms with Crippen molar-refractivity contribution in [3.05, 3.63) is 29.3 Å². The zero-order valence-electron chi connectivity index (χ0n) is 9.65. The normalized spacial score (nSPS) is 13.6. The Bertz CT molecular complexity index is 476. The Balaban J connectivity index is 1.98. The van der Waals surface area contributed by atoms with Gasteiger partial charge < -0.3 is 10.6 Å². The van der Waals surface area contributed by atoms with Crippen molar-refractivity contribution in [2.45, 2.75) is 25.8 Å². The highest BCUT2D eigenvalue weighted by atomic mass is 16.2. The standard InChI is InChI=1S/C13H15N3O/c14-6-2-1-3-7-16-9-10-4-5-11(15)8-12(10)13(16)17/h4-5,8H,1-3,7,9,15H2. The first-order valence-corrected chi connectivity index (χ1v) is 5.77. The highest BCUT2D eigenvalue weighted by Gasteiger charge is 2.26. The lowest BCUT2D eigenvalue weighted by Gasteiger charge is -2.14. The molecule has 0 spiro atoms. The summed E-state index contributed by atoms with van der Waals surface area (Å²) in [5.74, 6) is 0.0595. The number of carbonyl (C=O) groups excluding carboxylic acids is 1. The van der Waals surface area contributed by atoms with Crippen molar-refractivity contribution in [3.63, 3.8) is 0 Å². The first-order valence-electron chi connectivity index (χ1n) is 5.77. The van der Waals surface area contributed by atoms with Crippen molar-refractivity contribution in [1.82, 2.24) is 4.90 Å². The number of amides is 1. The SMILES string of the molecule is N#CCCCCN1Cc2ccc(N)cc2C1=O. The van der Waals surface area contributed by atoms with Crippen molar-refractivity contribution in [3.8, 4) is 6.07 Å². The van der Waals surface area contributed by atoms with Crippen LogP contribution in [0.5, 0.6) is 0 Å². The summed E-state index contributed by atoms with van der Waals surface area (Å²) >= 11 is 0. The summed E-state index contributed by atoms with van der Waals surface area (Å²) in [7, 11) is 0. The van der Waals surface area contributed by atoms with E-state index >= 15 is 0 Å². The number of anilines is 1. The van der Waals surface area contributed by atoms with E-state index in [0.29, 0.717) is 18.7 Å². The molecule has 2 N–H and O–H groups in total. The second-order valence-electron chi connectivity index (χ2n) is 4.26. The molecular formula is C13H15N3O. The number of fused-ring (bicyclic) bond motifs is 1. The molecule has 0 unspecified atom stereocenters. The summed E-state index contributed by atoms with van der Waals surface area (Å²) in [4.78, 5) is 13.8. The molecule has 0 atom stereocenters. The molecule has 1 aromatic rings. The van der Waals surface area contributed by atoms with Crippen LogP contribution in [0.15, 0.2) is 18.2 Å². The van der Waals surface area contributed by atoms with Gasteiger partial charge in [-0.2, -0.15) is 5.26 Å². The minimum atomic E-state index is 0.0595. The largest absolute Gasteiger partial charge is 0.399 e. The Morgan fingerprint density at radius 1 is 1.41 bits per heavy atom. The van der Waals surface area contributed by atoms with Gasteiger partial charge in [0.25, 0.3) is 5.91 Å². The van der Waals surface area contributed by atoms with E-state index in [1.54, 1.807) is 6.07 Å². The van der Waals surface area contributed by atoms with Crippen LogP contribution in [-0.2, 0) is 6.54 Å². The number of unbranched alkanes of at least 4 members (excludes halogenated alkanes) is 2. The van der Waals surface area contributed by atoms with Crippen LogP contribution in [0.4, 0.5) is 5.69 Å². The summed E-state index contributed by atoms with van der Waals surface area (Å²) < 4.78 is 0. The molecule has 88 valence electrons. The summed E-state index contributed by atoms with van der Waals surface area (Å²) in [6.07, 6.45) is 2.28. The maximum Gasteiger partial charge on any atom is 0.254 e. The predicted octanol–water partition coefficient (Wildman–Crippen LogP) is 1.92. The predicted molar refractivity (Wildman–Crippen MR) is 65.1 cm³/mol. The first-order chi connectivity index (χ1) is 8.22. The topological polar surface area (TPSA) is 70.1 Å². The second kappa shape index (κ2) is 4.88. The van der Waals surface area contributed by atoms with Crippen LogP contribution >= 0.6 is 0 Å². The van der Waals surface area contributed by atoms with Crippen molar-refractivity contribution >= 4 is 11.6 Å². The average molecular weight is 229 g/mol. The number of nitrogens with zero attached hydrogens (tertiary/aromatic N) is 2. The van der Waals surface area contributed by atoms with Gasteiger partial charge in [-0.1, -0.05) is 6.07 Å². The molecule has 1 heterocycles. The van der Waals surface area contributed by atoms with E-state index in [1.807, 2.05) is 17.0 Å². The molecule has 0 aromatic heterocycles. The van der Waals surface area contributed by atoms with Gasteiger partial charge in [0.05, 0.1) is 6.07 Å². The average Bonchev–Trinajstić information content (AvgIpc) is 2.62. The molecule has 0 fully saturated rings. The number of hydrogen-bond donors (Lipinski definition) is 1. The summed E-state index contributed by atoms with van der Waals surface area (Å²) in [5, 5.41) is 8.44. The van der Waals surface area contributed by atoms with Crippen molar-refractivity contribution in [2.24, 2.45) is 0 Å². The molecule has 1 aromatic carbocycles. The number of rotatable bonds is 4. The molecule has 0 radical (unpaired) electrons. The van der Waals surface area contributed by atoms with Crippen LogP contribution in [-0.4, -0.2) is 17.4 Å². The van der Waals surface area contributed by atoms with Crippen molar-refractivity contribution in [2.75, 3.05) is 12.3 Å². The minimum absolute atomic E-state index is 0.0595. The zero-order chi connectivity index (χ0) is 12.3. The van der Waals surface area contributed by atoms with E-state index in [9.17, 15) is 4.79 Å². The van der Waals surface area contributed by atoms with E-state index in [1.165, 1.54) is 0 Å². The van der Waals surface area contributed by atoms with Crippen LogP contribution in [0.25, 0.3) is 0 Å².